The summed E-state index contributed by atoms with van der Waals surface area (Å²) in [4.78, 5) is 6.92. The molecular formula is C18H21FN6S2. The van der Waals surface area contributed by atoms with Crippen LogP contribution in [0, 0.1) is 5.82 Å². The van der Waals surface area contributed by atoms with Crippen LogP contribution in [0.2, 0.25) is 0 Å². The molecule has 0 aliphatic carbocycles. The van der Waals surface area contributed by atoms with Gasteiger partial charge in [0, 0.05) is 12.1 Å². The van der Waals surface area contributed by atoms with Crippen LogP contribution in [0.3, 0.4) is 0 Å². The summed E-state index contributed by atoms with van der Waals surface area (Å²) in [6.07, 6.45) is 4.54. The maximum atomic E-state index is 13.4. The smallest absolute Gasteiger partial charge is 0.203 e. The molecule has 27 heavy (non-hydrogen) atoms. The fourth-order valence-corrected chi connectivity index (χ4v) is 4.81. The summed E-state index contributed by atoms with van der Waals surface area (Å²) in [5.41, 5.74) is 0.858. The maximum absolute atomic E-state index is 13.4. The van der Waals surface area contributed by atoms with Crippen molar-refractivity contribution >= 4 is 23.3 Å². The van der Waals surface area contributed by atoms with Crippen LogP contribution in [0.25, 0.3) is 5.69 Å². The van der Waals surface area contributed by atoms with Crippen LogP contribution in [0.5, 0.6) is 0 Å². The topological polar surface area (TPSA) is 59.7 Å². The molecule has 2 aromatic heterocycles. The van der Waals surface area contributed by atoms with E-state index in [2.05, 4.69) is 24.5 Å². The molecule has 3 heterocycles. The first-order valence-electron chi connectivity index (χ1n) is 9.16. The van der Waals surface area contributed by atoms with E-state index in [9.17, 15) is 4.39 Å². The van der Waals surface area contributed by atoms with Crippen LogP contribution < -0.4 is 0 Å². The number of benzene rings is 1. The summed E-state index contributed by atoms with van der Waals surface area (Å²) >= 11 is 2.82. The van der Waals surface area contributed by atoms with Crippen molar-refractivity contribution in [1.82, 2.24) is 29.0 Å². The number of rotatable bonds is 6. The molecule has 0 bridgehead atoms. The Kier molecular flexibility index (Phi) is 5.80. The molecule has 1 aliphatic rings. The summed E-state index contributed by atoms with van der Waals surface area (Å²) in [5.74, 6) is 1.45. The van der Waals surface area contributed by atoms with Gasteiger partial charge >= 0.3 is 0 Å². The predicted octanol–water partition coefficient (Wildman–Crippen LogP) is 3.96. The highest BCUT2D eigenvalue weighted by atomic mass is 32.2. The lowest BCUT2D eigenvalue weighted by atomic mass is 10.1. The first-order valence-corrected chi connectivity index (χ1v) is 10.7. The molecule has 0 unspecified atom stereocenters. The van der Waals surface area contributed by atoms with E-state index in [4.69, 9.17) is 0 Å². The second-order valence-corrected chi connectivity index (χ2v) is 8.45. The number of likely N-dealkylation sites (tertiary alicyclic amines) is 1. The van der Waals surface area contributed by atoms with Gasteiger partial charge in [-0.3, -0.25) is 9.47 Å². The lowest BCUT2D eigenvalue weighted by Crippen LogP contribution is -2.30. The average Bonchev–Trinajstić information content (AvgIpc) is 3.31. The van der Waals surface area contributed by atoms with Crippen LogP contribution in [-0.2, 0) is 13.0 Å². The minimum absolute atomic E-state index is 0.254. The summed E-state index contributed by atoms with van der Waals surface area (Å²) in [6, 6.07) is 6.46. The number of aryl methyl sites for hydroxylation is 1. The van der Waals surface area contributed by atoms with Gasteiger partial charge in [0.25, 0.3) is 0 Å². The lowest BCUT2D eigenvalue weighted by Gasteiger charge is -2.26. The monoisotopic (exact) mass is 404 g/mol. The number of hydrogen-bond donors (Lipinski definition) is 0. The molecular weight excluding hydrogens is 383 g/mol. The molecule has 0 N–H and O–H groups in total. The molecule has 142 valence electrons. The largest absolute Gasteiger partial charge is 0.296 e. The minimum Gasteiger partial charge on any atom is -0.296 e. The molecule has 4 rings (SSSR count). The number of hydrogen-bond acceptors (Lipinski definition) is 7. The summed E-state index contributed by atoms with van der Waals surface area (Å²) in [5, 5.41) is 9.58. The van der Waals surface area contributed by atoms with Crippen molar-refractivity contribution in [3.63, 3.8) is 0 Å². The summed E-state index contributed by atoms with van der Waals surface area (Å²) < 4.78 is 20.6. The number of aromatic nitrogens is 5. The van der Waals surface area contributed by atoms with Crippen molar-refractivity contribution < 1.29 is 4.39 Å². The van der Waals surface area contributed by atoms with E-state index < -0.39 is 0 Å². The highest BCUT2D eigenvalue weighted by molar-refractivity contribution is 8.00. The van der Waals surface area contributed by atoms with Gasteiger partial charge in [-0.15, -0.1) is 10.2 Å². The molecule has 3 aromatic rings. The van der Waals surface area contributed by atoms with E-state index in [0.717, 1.165) is 52.9 Å². The molecule has 0 radical (unpaired) electrons. The Morgan fingerprint density at radius 2 is 1.89 bits per heavy atom. The standard InChI is InChI=1S/C18H21FN6S2/c1-2-15-20-18(27-23-15)26-17-22-21-16(12-24-10-4-3-5-11-24)25(17)14-8-6-13(19)7-9-14/h6-9H,2-5,10-12H2,1H3. The van der Waals surface area contributed by atoms with E-state index in [-0.39, 0.29) is 5.82 Å². The third-order valence-corrected chi connectivity index (χ3v) is 6.28. The molecule has 9 heteroatoms. The van der Waals surface area contributed by atoms with Crippen molar-refractivity contribution in [3.05, 3.63) is 41.7 Å². The first kappa shape index (κ1) is 18.5. The third kappa shape index (κ3) is 4.36. The Morgan fingerprint density at radius 1 is 1.11 bits per heavy atom. The third-order valence-electron chi connectivity index (χ3n) is 4.54. The molecule has 0 spiro atoms. The highest BCUT2D eigenvalue weighted by Crippen LogP contribution is 2.31. The van der Waals surface area contributed by atoms with Crippen molar-refractivity contribution in [2.75, 3.05) is 13.1 Å². The molecule has 1 fully saturated rings. The van der Waals surface area contributed by atoms with Gasteiger partial charge in [0.1, 0.15) is 11.6 Å². The summed E-state index contributed by atoms with van der Waals surface area (Å²) in [7, 11) is 0. The van der Waals surface area contributed by atoms with E-state index in [1.165, 1.54) is 54.7 Å². The fraction of sp³-hybridized carbons (Fsp3) is 0.444. The zero-order chi connectivity index (χ0) is 18.6. The van der Waals surface area contributed by atoms with Crippen LogP contribution in [0.1, 0.15) is 37.8 Å². The van der Waals surface area contributed by atoms with Gasteiger partial charge in [-0.25, -0.2) is 9.37 Å². The Bertz CT molecular complexity index is 886. The molecule has 0 amide bonds. The molecule has 1 aromatic carbocycles. The normalized spacial score (nSPS) is 15.3. The van der Waals surface area contributed by atoms with Gasteiger partial charge in [-0.1, -0.05) is 13.3 Å². The number of nitrogens with zero attached hydrogens (tertiary/aromatic N) is 6. The Morgan fingerprint density at radius 3 is 2.59 bits per heavy atom. The summed E-state index contributed by atoms with van der Waals surface area (Å²) in [6.45, 7) is 4.93. The van der Waals surface area contributed by atoms with Crippen molar-refractivity contribution in [1.29, 1.82) is 0 Å². The van der Waals surface area contributed by atoms with Crippen molar-refractivity contribution in [2.45, 2.75) is 48.6 Å². The Labute approximate surface area is 166 Å². The zero-order valence-electron chi connectivity index (χ0n) is 15.1. The quantitative estimate of drug-likeness (QED) is 0.620. The van der Waals surface area contributed by atoms with Gasteiger partial charge in [-0.2, -0.15) is 4.37 Å². The van der Waals surface area contributed by atoms with Crippen LogP contribution in [0.4, 0.5) is 4.39 Å². The zero-order valence-corrected chi connectivity index (χ0v) is 16.8. The highest BCUT2D eigenvalue weighted by Gasteiger charge is 2.20. The van der Waals surface area contributed by atoms with Gasteiger partial charge in [-0.05, 0) is 73.5 Å². The molecule has 1 saturated heterocycles. The molecule has 6 nitrogen and oxygen atoms in total. The molecule has 1 aliphatic heterocycles. The van der Waals surface area contributed by atoms with E-state index in [0.29, 0.717) is 0 Å². The Balaban J connectivity index is 1.66. The Hall–Kier alpha value is -1.84. The number of halogens is 1. The van der Waals surface area contributed by atoms with E-state index in [1.807, 2.05) is 11.5 Å². The van der Waals surface area contributed by atoms with Gasteiger partial charge < -0.3 is 0 Å². The minimum atomic E-state index is -0.254. The second-order valence-electron chi connectivity index (χ2n) is 6.48. The van der Waals surface area contributed by atoms with Crippen molar-refractivity contribution in [3.8, 4) is 5.69 Å². The van der Waals surface area contributed by atoms with Gasteiger partial charge in [0.05, 0.1) is 6.54 Å². The van der Waals surface area contributed by atoms with E-state index >= 15 is 0 Å². The van der Waals surface area contributed by atoms with Crippen LogP contribution >= 0.6 is 23.3 Å². The second kappa shape index (κ2) is 8.45. The van der Waals surface area contributed by atoms with Crippen molar-refractivity contribution in [2.24, 2.45) is 0 Å². The molecule has 0 atom stereocenters. The van der Waals surface area contributed by atoms with E-state index in [1.54, 1.807) is 12.1 Å². The fourth-order valence-electron chi connectivity index (χ4n) is 3.14. The SMILES string of the molecule is CCc1nsc(Sc2nnc(CN3CCCCC3)n2-c2ccc(F)cc2)n1. The predicted molar refractivity (Wildman–Crippen MR) is 104 cm³/mol. The van der Waals surface area contributed by atoms with Crippen LogP contribution in [0.15, 0.2) is 33.8 Å². The van der Waals surface area contributed by atoms with Crippen LogP contribution in [-0.4, -0.2) is 42.1 Å². The maximum Gasteiger partial charge on any atom is 0.203 e. The average molecular weight is 405 g/mol. The van der Waals surface area contributed by atoms with Gasteiger partial charge in [0.15, 0.2) is 10.2 Å². The molecule has 0 saturated carbocycles. The first-order chi connectivity index (χ1) is 13.2. The number of piperidine rings is 1. The lowest BCUT2D eigenvalue weighted by molar-refractivity contribution is 0.214. The van der Waals surface area contributed by atoms with Gasteiger partial charge in [0.2, 0.25) is 5.16 Å².